The number of nitrogens with one attached hydrogen (secondary N) is 3. The van der Waals surface area contributed by atoms with E-state index in [0.717, 1.165) is 207 Å². The van der Waals surface area contributed by atoms with Gasteiger partial charge in [-0.3, -0.25) is 14.4 Å². The van der Waals surface area contributed by atoms with Crippen LogP contribution in [-0.4, -0.2) is 116 Å². The van der Waals surface area contributed by atoms with Gasteiger partial charge in [-0.25, -0.2) is 14.0 Å². The van der Waals surface area contributed by atoms with Crippen molar-refractivity contribution in [3.8, 4) is 0 Å². The Labute approximate surface area is 774 Å². The van der Waals surface area contributed by atoms with Crippen LogP contribution in [0.1, 0.15) is 372 Å². The van der Waals surface area contributed by atoms with E-state index in [0.29, 0.717) is 94.0 Å². The zero-order valence-corrected chi connectivity index (χ0v) is 83.8. The van der Waals surface area contributed by atoms with Gasteiger partial charge in [-0.2, -0.15) is 0 Å². The molecule has 1 aromatic carbocycles. The lowest BCUT2D eigenvalue weighted by Crippen LogP contribution is -2.65. The van der Waals surface area contributed by atoms with Crippen LogP contribution in [0.3, 0.4) is 0 Å². The van der Waals surface area contributed by atoms with E-state index in [9.17, 15) is 15.3 Å². The molecular formula is C111H168N12O6. The molecule has 6 N–H and O–H groups in total. The van der Waals surface area contributed by atoms with Crippen molar-refractivity contribution in [1.29, 1.82) is 0 Å². The molecule has 0 aliphatic heterocycles. The molecule has 129 heavy (non-hydrogen) atoms. The molecule has 12 saturated carbocycles. The van der Waals surface area contributed by atoms with E-state index in [2.05, 4.69) is 198 Å². The number of hydrogen-bond acceptors (Lipinski definition) is 12. The van der Waals surface area contributed by atoms with Gasteiger partial charge in [0.25, 0.3) is 0 Å². The first kappa shape index (κ1) is 92.2. The van der Waals surface area contributed by atoms with Gasteiger partial charge in [0.05, 0.1) is 71.3 Å². The number of allylic oxidation sites excluding steroid dienone is 6. The maximum atomic E-state index is 15.4. The van der Waals surface area contributed by atoms with Crippen LogP contribution in [0.4, 0.5) is 0 Å². The lowest BCUT2D eigenvalue weighted by molar-refractivity contribution is -0.203. The van der Waals surface area contributed by atoms with Gasteiger partial charge in [0.2, 0.25) is 17.7 Å². The highest BCUT2D eigenvalue weighted by molar-refractivity contribution is 5.86. The Bertz CT molecular complexity index is 4610. The van der Waals surface area contributed by atoms with E-state index in [1.54, 1.807) is 16.7 Å². The fraction of sp³-hybridized carbons (Fsp3) is 0.811. The minimum atomic E-state index is -0.448. The van der Waals surface area contributed by atoms with Crippen LogP contribution in [0.15, 0.2) is 71.7 Å². The Kier molecular flexibility index (Phi) is 22.2. The number of rotatable bonds is 18. The van der Waals surface area contributed by atoms with Gasteiger partial charge in [-0.05, 0) is 344 Å². The van der Waals surface area contributed by atoms with E-state index >= 15 is 14.4 Å². The fourth-order valence-electron chi connectivity index (χ4n) is 36.6. The second-order valence-electron chi connectivity index (χ2n) is 53.6. The van der Waals surface area contributed by atoms with E-state index in [1.807, 2.05) is 32.6 Å². The molecule has 3 heterocycles. The molecule has 24 atom stereocenters. The predicted molar refractivity (Wildman–Crippen MR) is 509 cm³/mol. The third-order valence-electron chi connectivity index (χ3n) is 45.1. The van der Waals surface area contributed by atoms with Crippen LogP contribution in [0, 0.1) is 151 Å². The summed E-state index contributed by atoms with van der Waals surface area (Å²) in [5.74, 6) is 4.36. The third kappa shape index (κ3) is 14.1. The number of aromatic nitrogens is 9. The minimum absolute atomic E-state index is 0.00896. The quantitative estimate of drug-likeness (QED) is 0.0510. The summed E-state index contributed by atoms with van der Waals surface area (Å²) in [6, 6.07) is 6.71. The summed E-state index contributed by atoms with van der Waals surface area (Å²) in [6.45, 7) is 55.0. The van der Waals surface area contributed by atoms with E-state index in [4.69, 9.17) is 30.9 Å². The number of carbonyl (C=O) groups excluding carboxylic acids is 3. The molecule has 18 nitrogen and oxygen atoms in total. The van der Waals surface area contributed by atoms with E-state index < -0.39 is 16.2 Å². The molecule has 15 aliphatic rings. The molecule has 18 heteroatoms. The molecule has 0 radical (unpaired) electrons. The molecule has 0 unspecified atom stereocenters. The van der Waals surface area contributed by atoms with Crippen molar-refractivity contribution >= 4 is 17.7 Å². The summed E-state index contributed by atoms with van der Waals surface area (Å²) in [5, 5.41) is 73.5. The summed E-state index contributed by atoms with van der Waals surface area (Å²) < 4.78 is 5.78. The number of benzene rings is 1. The maximum absolute atomic E-state index is 15.4. The summed E-state index contributed by atoms with van der Waals surface area (Å²) in [7, 11) is 0. The van der Waals surface area contributed by atoms with Crippen LogP contribution < -0.4 is 16.0 Å². The highest BCUT2D eigenvalue weighted by Crippen LogP contribution is 2.81. The predicted octanol–water partition coefficient (Wildman–Crippen LogP) is 21.1. The highest BCUT2D eigenvalue weighted by Gasteiger charge is 2.74. The first-order valence-corrected chi connectivity index (χ1v) is 52.2. The second-order valence-corrected chi connectivity index (χ2v) is 53.6. The molecule has 19 rings (SSSR count). The number of aliphatic hydroxyl groups is 3. The second kappa shape index (κ2) is 31.1. The molecular weight excluding hydrogens is 1600 g/mol. The summed E-state index contributed by atoms with van der Waals surface area (Å²) >= 11 is 0. The number of carbonyl (C=O) groups is 3. The minimum Gasteiger partial charge on any atom is -0.393 e. The van der Waals surface area contributed by atoms with Crippen molar-refractivity contribution in [2.45, 2.75) is 395 Å². The molecule has 3 amide bonds. The average molecular weight is 1770 g/mol. The zero-order chi connectivity index (χ0) is 91.9. The van der Waals surface area contributed by atoms with Gasteiger partial charge in [0, 0.05) is 57.5 Å². The van der Waals surface area contributed by atoms with Crippen LogP contribution >= 0.6 is 0 Å². The fourth-order valence-corrected chi connectivity index (χ4v) is 36.6. The first-order chi connectivity index (χ1) is 60.4. The van der Waals surface area contributed by atoms with Crippen LogP contribution in [-0.2, 0) is 53.3 Å². The number of amides is 3. The topological polar surface area (TPSA) is 240 Å². The van der Waals surface area contributed by atoms with Crippen molar-refractivity contribution in [3.63, 3.8) is 0 Å². The third-order valence-corrected chi connectivity index (χ3v) is 45.1. The smallest absolute Gasteiger partial charge is 0.226 e. The van der Waals surface area contributed by atoms with Crippen LogP contribution in [0.25, 0.3) is 0 Å². The molecule has 0 spiro atoms. The van der Waals surface area contributed by atoms with Gasteiger partial charge in [-0.15, -0.1) is 15.3 Å². The number of nitrogens with zero attached hydrogens (tertiary/aromatic N) is 9. The van der Waals surface area contributed by atoms with Gasteiger partial charge in [0.15, 0.2) is 0 Å². The van der Waals surface area contributed by atoms with Crippen molar-refractivity contribution in [2.75, 3.05) is 19.6 Å². The van der Waals surface area contributed by atoms with Gasteiger partial charge in [-0.1, -0.05) is 214 Å². The molecule has 12 fully saturated rings. The number of hydrogen-bond donors (Lipinski definition) is 6. The van der Waals surface area contributed by atoms with Crippen LogP contribution in [0.5, 0.6) is 0 Å². The van der Waals surface area contributed by atoms with Gasteiger partial charge < -0.3 is 31.3 Å². The molecule has 3 aromatic heterocycles. The van der Waals surface area contributed by atoms with Gasteiger partial charge in [0.1, 0.15) is 0 Å². The first-order valence-electron chi connectivity index (χ1n) is 52.2. The average Bonchev–Trinajstić information content (AvgIpc) is 0.852. The normalized spacial score (nSPS) is 43.2. The van der Waals surface area contributed by atoms with Crippen molar-refractivity contribution in [2.24, 2.45) is 151 Å². The lowest BCUT2D eigenvalue weighted by Gasteiger charge is -2.71. The van der Waals surface area contributed by atoms with Gasteiger partial charge >= 0.3 is 0 Å². The molecule has 708 valence electrons. The Hall–Kier alpha value is -5.85. The monoisotopic (exact) mass is 1770 g/mol. The Balaban J connectivity index is 0.537. The van der Waals surface area contributed by atoms with Crippen LogP contribution in [0.2, 0.25) is 0 Å². The van der Waals surface area contributed by atoms with Crippen molar-refractivity contribution in [3.05, 3.63) is 106 Å². The lowest BCUT2D eigenvalue weighted by atomic mass is 9.33. The van der Waals surface area contributed by atoms with E-state index in [1.165, 1.54) is 19.3 Å². The standard InChI is InChI=1S/C111H168N12O6/c1-94(2)43-49-109(52-46-103(16)76(79(109)61-94)22-25-85-100(13)37-31-88(124)97(7,8)82(100)28-40-106(85,103)19)91(127)112-55-34-73-67-121(118-115-73)64-70-58-71(65-122-68-74(116-119-122)35-56-113-92(128)110-50-44-95(3,4)62-80(110)77-23-26-86-101(14)38-32-89(125)98(9,10)83(101)29-41-107(86,20)104(77,17)47-53-110)60-72(59-70)66-123-69-75(117-120-123)36-57-114-93(129)111-51-45-96(5,6)63-81(111)78-24-27-87-102(15)39-33-90(126)99(11,12)84(102)30-42-108(87,21)105(78,18)48-54-111/h22-24,58-60,67-69,79-90,124-126H,25-57,61-66H2,1-21H3,(H,112,127)(H,113,128)(H,114,129)/t79-,80-,81-,82-,83-,84-,85+,86+,87+,88-,89-,90-,100-,101-,102-,103+,104+,105+,106+,107+,108+,109-,110-,111-/m0/s1. The van der Waals surface area contributed by atoms with E-state index in [-0.39, 0.29) is 135 Å². The molecule has 0 bridgehead atoms. The molecule has 15 aliphatic carbocycles. The Morgan fingerprint density at radius 1 is 0.333 bits per heavy atom. The largest absolute Gasteiger partial charge is 0.393 e. The Morgan fingerprint density at radius 2 is 0.589 bits per heavy atom. The maximum Gasteiger partial charge on any atom is 0.226 e. The summed E-state index contributed by atoms with van der Waals surface area (Å²) in [4.78, 5) is 46.1. The zero-order valence-electron chi connectivity index (χ0n) is 83.8. The highest BCUT2D eigenvalue weighted by atomic mass is 16.3. The summed E-state index contributed by atoms with van der Waals surface area (Å²) in [6.07, 6.45) is 46.0. The number of aliphatic hydroxyl groups excluding tert-OH is 3. The van der Waals surface area contributed by atoms with Crippen molar-refractivity contribution < 1.29 is 29.7 Å². The number of fused-ring (bicyclic) bond motifs is 21. The molecule has 0 saturated heterocycles. The van der Waals surface area contributed by atoms with Crippen molar-refractivity contribution in [1.82, 2.24) is 60.9 Å². The molecule has 4 aromatic rings. The Morgan fingerprint density at radius 3 is 0.853 bits per heavy atom. The SMILES string of the molecule is CC1(C)CC[C@]2(C(=O)NCCc3cn(Cc4cc(Cn5cc(CCNC(=O)[C@]67CCC(C)(C)C[C@H]6C6=CC[C@@H]8[C@@]9(C)CC[C@H](O)C(C)(C)[C@@H]9CC[C@@]8(C)[C@]6(C)CC7)nn5)cc(Cn5cc(CCNC(=O)[C@]67CCC(C)(C)C[C@H]6C6=CC[C@@H]8[C@@]9(C)CC[C@H](O)C(C)(C)[C@@H]9CC[C@@]8(C)[C@]6(C)CC7)nn5)c4)nn3)CC[C@]3(C)C(=CC[C@@H]4[C@@]5(C)CC[C@H](O)C(C)(C)[C@@H]5CC[C@]43C)[C@@H]2C1. The summed E-state index contributed by atoms with van der Waals surface area (Å²) in [5.41, 5.74) is 10.1.